The first-order valence-electron chi connectivity index (χ1n) is 7.52. The Kier molecular flexibility index (Phi) is 8.98. The number of rotatable bonds is 10. The molecule has 0 aliphatic rings. The minimum atomic E-state index is 0.662. The van der Waals surface area contributed by atoms with Crippen LogP contribution < -0.4 is 4.74 Å². The van der Waals surface area contributed by atoms with Gasteiger partial charge in [0.05, 0.1) is 18.2 Å². The summed E-state index contributed by atoms with van der Waals surface area (Å²) in [5.74, 6) is 1.85. The molecule has 0 unspecified atom stereocenters. The number of hydrogen-bond donors (Lipinski definition) is 1. The fourth-order valence-electron chi connectivity index (χ4n) is 2.11. The summed E-state index contributed by atoms with van der Waals surface area (Å²) < 4.78 is 5.76. The smallest absolute Gasteiger partial charge is 0.123 e. The van der Waals surface area contributed by atoms with Gasteiger partial charge in [-0.2, -0.15) is 17.9 Å². The fraction of sp³-hybridized carbons (Fsp3) is 0.588. The second-order valence-electron chi connectivity index (χ2n) is 5.14. The zero-order valence-corrected chi connectivity index (χ0v) is 13.3. The van der Waals surface area contributed by atoms with E-state index in [1.165, 1.54) is 38.5 Å². The van der Waals surface area contributed by atoms with Crippen molar-refractivity contribution >= 4 is 12.6 Å². The molecule has 3 heteroatoms. The highest BCUT2D eigenvalue weighted by atomic mass is 32.1. The summed E-state index contributed by atoms with van der Waals surface area (Å²) in [5.41, 5.74) is 1.76. The van der Waals surface area contributed by atoms with Crippen molar-refractivity contribution in [1.82, 2.24) is 0 Å². The van der Waals surface area contributed by atoms with E-state index in [1.54, 1.807) is 0 Å². The van der Waals surface area contributed by atoms with Gasteiger partial charge in [-0.25, -0.2) is 0 Å². The van der Waals surface area contributed by atoms with Crippen molar-refractivity contribution in [2.75, 3.05) is 12.4 Å². The standard InChI is InChI=1S/C17H25NOS/c1-15-9-10-16(14-18)13-17(15)19-11-7-5-3-2-4-6-8-12-20/h9-10,13,20H,2-8,11-12H2,1H3. The maximum atomic E-state index is 8.87. The van der Waals surface area contributed by atoms with Crippen molar-refractivity contribution in [3.8, 4) is 11.8 Å². The van der Waals surface area contributed by atoms with Crippen molar-refractivity contribution in [2.45, 2.75) is 51.9 Å². The minimum Gasteiger partial charge on any atom is -0.493 e. The molecule has 0 heterocycles. The predicted octanol–water partition coefficient (Wildman–Crippen LogP) is 4.91. The molecule has 0 bridgehead atoms. The highest BCUT2D eigenvalue weighted by Gasteiger charge is 2.01. The van der Waals surface area contributed by atoms with Crippen LogP contribution in [0.5, 0.6) is 5.75 Å². The van der Waals surface area contributed by atoms with Crippen molar-refractivity contribution in [3.05, 3.63) is 29.3 Å². The van der Waals surface area contributed by atoms with Gasteiger partial charge in [-0.1, -0.05) is 38.2 Å². The number of nitriles is 1. The highest BCUT2D eigenvalue weighted by molar-refractivity contribution is 7.80. The lowest BCUT2D eigenvalue weighted by atomic mass is 10.1. The zero-order valence-electron chi connectivity index (χ0n) is 12.4. The Bertz CT molecular complexity index is 425. The van der Waals surface area contributed by atoms with Gasteiger partial charge in [0, 0.05) is 0 Å². The van der Waals surface area contributed by atoms with Crippen molar-refractivity contribution < 1.29 is 4.74 Å². The van der Waals surface area contributed by atoms with E-state index >= 15 is 0 Å². The molecule has 0 atom stereocenters. The van der Waals surface area contributed by atoms with Gasteiger partial charge in [-0.3, -0.25) is 0 Å². The molecular weight excluding hydrogens is 266 g/mol. The largest absolute Gasteiger partial charge is 0.493 e. The Morgan fingerprint density at radius 3 is 2.35 bits per heavy atom. The van der Waals surface area contributed by atoms with Crippen LogP contribution >= 0.6 is 12.6 Å². The molecule has 0 aliphatic carbocycles. The first-order valence-corrected chi connectivity index (χ1v) is 8.15. The number of hydrogen-bond acceptors (Lipinski definition) is 3. The third-order valence-corrected chi connectivity index (χ3v) is 3.69. The highest BCUT2D eigenvalue weighted by Crippen LogP contribution is 2.19. The van der Waals surface area contributed by atoms with Crippen molar-refractivity contribution in [2.24, 2.45) is 0 Å². The number of ether oxygens (including phenoxy) is 1. The zero-order chi connectivity index (χ0) is 14.6. The average Bonchev–Trinajstić information content (AvgIpc) is 2.47. The minimum absolute atomic E-state index is 0.662. The van der Waals surface area contributed by atoms with Crippen LogP contribution in [0.1, 0.15) is 56.1 Å². The lowest BCUT2D eigenvalue weighted by Crippen LogP contribution is -1.99. The van der Waals surface area contributed by atoms with Crippen LogP contribution in [0.4, 0.5) is 0 Å². The van der Waals surface area contributed by atoms with E-state index in [-0.39, 0.29) is 0 Å². The Morgan fingerprint density at radius 1 is 1.05 bits per heavy atom. The van der Waals surface area contributed by atoms with E-state index in [2.05, 4.69) is 18.7 Å². The lowest BCUT2D eigenvalue weighted by Gasteiger charge is -2.09. The molecule has 0 spiro atoms. The molecule has 0 aromatic heterocycles. The van der Waals surface area contributed by atoms with Crippen LogP contribution in [0.3, 0.4) is 0 Å². The summed E-state index contributed by atoms with van der Waals surface area (Å²) in [6.45, 7) is 2.75. The van der Waals surface area contributed by atoms with E-state index in [9.17, 15) is 0 Å². The molecule has 0 radical (unpaired) electrons. The first-order chi connectivity index (χ1) is 9.77. The summed E-state index contributed by atoms with van der Waals surface area (Å²) >= 11 is 4.21. The van der Waals surface area contributed by atoms with E-state index in [1.807, 2.05) is 25.1 Å². The number of aryl methyl sites for hydroxylation is 1. The molecule has 0 aliphatic heterocycles. The summed E-state index contributed by atoms with van der Waals surface area (Å²) in [4.78, 5) is 0. The predicted molar refractivity (Wildman–Crippen MR) is 87.6 cm³/mol. The molecule has 20 heavy (non-hydrogen) atoms. The molecule has 0 saturated carbocycles. The van der Waals surface area contributed by atoms with Gasteiger partial charge in [0.2, 0.25) is 0 Å². The van der Waals surface area contributed by atoms with Gasteiger partial charge in [0.15, 0.2) is 0 Å². The second-order valence-corrected chi connectivity index (χ2v) is 5.59. The van der Waals surface area contributed by atoms with E-state index in [0.717, 1.165) is 30.1 Å². The third kappa shape index (κ3) is 6.86. The van der Waals surface area contributed by atoms with Crippen LogP contribution in [-0.2, 0) is 0 Å². The normalized spacial score (nSPS) is 10.2. The summed E-state index contributed by atoms with van der Waals surface area (Å²) in [6, 6.07) is 7.74. The fourth-order valence-corrected chi connectivity index (χ4v) is 2.33. The van der Waals surface area contributed by atoms with Gasteiger partial charge < -0.3 is 4.74 Å². The van der Waals surface area contributed by atoms with Gasteiger partial charge in [-0.15, -0.1) is 0 Å². The molecular formula is C17H25NOS. The Morgan fingerprint density at radius 2 is 1.70 bits per heavy atom. The maximum absolute atomic E-state index is 8.87. The number of thiol groups is 1. The Hall–Kier alpha value is -1.14. The number of benzene rings is 1. The van der Waals surface area contributed by atoms with Crippen LogP contribution in [-0.4, -0.2) is 12.4 Å². The Balaban J connectivity index is 2.11. The quantitative estimate of drug-likeness (QED) is 0.491. The number of unbranched alkanes of at least 4 members (excludes halogenated alkanes) is 6. The van der Waals surface area contributed by atoms with Crippen LogP contribution in [0.25, 0.3) is 0 Å². The van der Waals surface area contributed by atoms with E-state index < -0.39 is 0 Å². The average molecular weight is 291 g/mol. The second kappa shape index (κ2) is 10.6. The molecule has 1 aromatic rings. The van der Waals surface area contributed by atoms with Crippen molar-refractivity contribution in [3.63, 3.8) is 0 Å². The molecule has 0 amide bonds. The summed E-state index contributed by atoms with van der Waals surface area (Å²) in [6.07, 6.45) is 8.77. The lowest BCUT2D eigenvalue weighted by molar-refractivity contribution is 0.302. The van der Waals surface area contributed by atoms with Crippen LogP contribution in [0, 0.1) is 18.3 Å². The monoisotopic (exact) mass is 291 g/mol. The summed E-state index contributed by atoms with van der Waals surface area (Å²) in [7, 11) is 0. The molecule has 0 fully saturated rings. The third-order valence-electron chi connectivity index (χ3n) is 3.38. The van der Waals surface area contributed by atoms with E-state index in [4.69, 9.17) is 10.00 Å². The van der Waals surface area contributed by atoms with Gasteiger partial charge in [-0.05, 0) is 43.2 Å². The van der Waals surface area contributed by atoms with Gasteiger partial charge in [0.25, 0.3) is 0 Å². The maximum Gasteiger partial charge on any atom is 0.123 e. The Labute approximate surface area is 128 Å². The van der Waals surface area contributed by atoms with Crippen molar-refractivity contribution in [1.29, 1.82) is 5.26 Å². The topological polar surface area (TPSA) is 33.0 Å². The summed E-state index contributed by atoms with van der Waals surface area (Å²) in [5, 5.41) is 8.87. The number of nitrogens with zero attached hydrogens (tertiary/aromatic N) is 1. The van der Waals surface area contributed by atoms with Gasteiger partial charge in [0.1, 0.15) is 5.75 Å². The van der Waals surface area contributed by atoms with Crippen LogP contribution in [0.15, 0.2) is 18.2 Å². The molecule has 0 N–H and O–H groups in total. The molecule has 0 saturated heterocycles. The SMILES string of the molecule is Cc1ccc(C#N)cc1OCCCCCCCCCS. The van der Waals surface area contributed by atoms with E-state index in [0.29, 0.717) is 5.56 Å². The molecule has 1 rings (SSSR count). The molecule has 2 nitrogen and oxygen atoms in total. The molecule has 110 valence electrons. The van der Waals surface area contributed by atoms with Gasteiger partial charge >= 0.3 is 0 Å². The molecule has 1 aromatic carbocycles. The first kappa shape index (κ1) is 16.9. The van der Waals surface area contributed by atoms with Crippen LogP contribution in [0.2, 0.25) is 0 Å².